The lowest BCUT2D eigenvalue weighted by atomic mass is 10.1. The monoisotopic (exact) mass is 351 g/mol. The third kappa shape index (κ3) is 4.86. The highest BCUT2D eigenvalue weighted by molar-refractivity contribution is 6.33. The number of nitrogens with two attached hydrogens (primary N) is 1. The summed E-state index contributed by atoms with van der Waals surface area (Å²) < 4.78 is 0. The molecule has 0 unspecified atom stereocenters. The van der Waals surface area contributed by atoms with Gasteiger partial charge in [-0.2, -0.15) is 0 Å². The van der Waals surface area contributed by atoms with E-state index in [1.807, 2.05) is 26.2 Å². The van der Waals surface area contributed by atoms with Crippen LogP contribution in [0.4, 0.5) is 5.69 Å². The number of hydrogen-bond acceptors (Lipinski definition) is 3. The molecule has 0 aliphatic carbocycles. The molecule has 0 heterocycles. The molecule has 4 nitrogen and oxygen atoms in total. The first-order valence-electron chi connectivity index (χ1n) is 7.12. The zero-order chi connectivity index (χ0) is 17.0. The lowest BCUT2D eigenvalue weighted by molar-refractivity contribution is 0.100. The molecule has 0 atom stereocenters. The second-order valence-corrected chi connectivity index (χ2v) is 6.41. The molecule has 0 saturated heterocycles. The molecule has 0 spiro atoms. The fourth-order valence-corrected chi connectivity index (χ4v) is 2.62. The zero-order valence-corrected chi connectivity index (χ0v) is 14.6. The van der Waals surface area contributed by atoms with Gasteiger partial charge in [0.15, 0.2) is 0 Å². The van der Waals surface area contributed by atoms with Gasteiger partial charge in [0.2, 0.25) is 5.91 Å². The van der Waals surface area contributed by atoms with E-state index in [2.05, 4.69) is 10.2 Å². The molecule has 0 radical (unpaired) electrons. The van der Waals surface area contributed by atoms with Crippen molar-refractivity contribution >= 4 is 34.8 Å². The Kier molecular flexibility index (Phi) is 5.88. The smallest absolute Gasteiger partial charge is 0.248 e. The molecule has 1 amide bonds. The normalized spacial score (nSPS) is 10.8. The highest BCUT2D eigenvalue weighted by Crippen LogP contribution is 2.24. The van der Waals surface area contributed by atoms with Crippen molar-refractivity contribution in [2.24, 2.45) is 5.73 Å². The molecule has 0 fully saturated rings. The maximum Gasteiger partial charge on any atom is 0.248 e. The number of nitrogens with zero attached hydrogens (tertiary/aromatic N) is 1. The summed E-state index contributed by atoms with van der Waals surface area (Å²) in [5.41, 5.74) is 8.64. The Morgan fingerprint density at radius 2 is 1.87 bits per heavy atom. The van der Waals surface area contributed by atoms with Gasteiger partial charge < -0.3 is 16.0 Å². The molecule has 2 rings (SSSR count). The van der Waals surface area contributed by atoms with Crippen molar-refractivity contribution in [2.75, 3.05) is 19.4 Å². The zero-order valence-electron chi connectivity index (χ0n) is 13.1. The van der Waals surface area contributed by atoms with Gasteiger partial charge in [0.1, 0.15) is 0 Å². The Morgan fingerprint density at radius 3 is 2.52 bits per heavy atom. The van der Waals surface area contributed by atoms with Crippen LogP contribution in [0.15, 0.2) is 36.4 Å². The van der Waals surface area contributed by atoms with Crippen molar-refractivity contribution < 1.29 is 4.79 Å². The Labute approximate surface area is 146 Å². The first-order chi connectivity index (χ1) is 10.9. The van der Waals surface area contributed by atoms with Gasteiger partial charge in [0.25, 0.3) is 0 Å². The Bertz CT molecular complexity index is 717. The van der Waals surface area contributed by atoms with E-state index >= 15 is 0 Å². The molecule has 0 bridgehead atoms. The molecular formula is C17H19Cl2N3O. The van der Waals surface area contributed by atoms with Crippen molar-refractivity contribution in [2.45, 2.75) is 13.1 Å². The van der Waals surface area contributed by atoms with Crippen LogP contribution in [0.5, 0.6) is 0 Å². The summed E-state index contributed by atoms with van der Waals surface area (Å²) in [4.78, 5) is 13.5. The maximum absolute atomic E-state index is 11.4. The molecule has 122 valence electrons. The SMILES string of the molecule is CN(C)Cc1ccc(C(N)=O)cc1NCc1cc(Cl)ccc1Cl. The summed E-state index contributed by atoms with van der Waals surface area (Å²) >= 11 is 12.2. The van der Waals surface area contributed by atoms with Crippen LogP contribution < -0.4 is 11.1 Å². The minimum atomic E-state index is -0.453. The summed E-state index contributed by atoms with van der Waals surface area (Å²) in [6, 6.07) is 10.7. The molecular weight excluding hydrogens is 333 g/mol. The van der Waals surface area contributed by atoms with Gasteiger partial charge in [-0.25, -0.2) is 0 Å². The highest BCUT2D eigenvalue weighted by atomic mass is 35.5. The van der Waals surface area contributed by atoms with Crippen LogP contribution in [-0.4, -0.2) is 24.9 Å². The van der Waals surface area contributed by atoms with Crippen molar-refractivity contribution in [1.29, 1.82) is 0 Å². The van der Waals surface area contributed by atoms with Crippen LogP contribution >= 0.6 is 23.2 Å². The van der Waals surface area contributed by atoms with Gasteiger partial charge in [-0.1, -0.05) is 29.3 Å². The predicted molar refractivity (Wildman–Crippen MR) is 96.1 cm³/mol. The molecule has 3 N–H and O–H groups in total. The average Bonchev–Trinajstić information content (AvgIpc) is 2.48. The number of amides is 1. The number of benzene rings is 2. The Balaban J connectivity index is 2.27. The Hall–Kier alpha value is -1.75. The molecule has 23 heavy (non-hydrogen) atoms. The van der Waals surface area contributed by atoms with Crippen molar-refractivity contribution in [3.63, 3.8) is 0 Å². The van der Waals surface area contributed by atoms with Gasteiger partial charge >= 0.3 is 0 Å². The topological polar surface area (TPSA) is 58.4 Å². The molecule has 2 aromatic carbocycles. The van der Waals surface area contributed by atoms with Crippen molar-refractivity contribution in [3.05, 3.63) is 63.1 Å². The van der Waals surface area contributed by atoms with E-state index in [0.717, 1.165) is 23.4 Å². The number of hydrogen-bond donors (Lipinski definition) is 2. The number of rotatable bonds is 6. The van der Waals surface area contributed by atoms with Gasteiger partial charge in [-0.15, -0.1) is 0 Å². The summed E-state index contributed by atoms with van der Waals surface area (Å²) in [5, 5.41) is 4.59. The highest BCUT2D eigenvalue weighted by Gasteiger charge is 2.09. The van der Waals surface area contributed by atoms with Gasteiger partial charge in [0, 0.05) is 34.4 Å². The maximum atomic E-state index is 11.4. The third-order valence-electron chi connectivity index (χ3n) is 3.36. The van der Waals surface area contributed by atoms with E-state index in [4.69, 9.17) is 28.9 Å². The lowest BCUT2D eigenvalue weighted by Crippen LogP contribution is -2.15. The van der Waals surface area contributed by atoms with Crippen LogP contribution in [0.2, 0.25) is 10.0 Å². The molecule has 0 aromatic heterocycles. The first-order valence-corrected chi connectivity index (χ1v) is 7.87. The van der Waals surface area contributed by atoms with Crippen LogP contribution in [0, 0.1) is 0 Å². The van der Waals surface area contributed by atoms with Crippen LogP contribution in [0.25, 0.3) is 0 Å². The number of carbonyl (C=O) groups is 1. The number of nitrogens with one attached hydrogen (secondary N) is 1. The molecule has 0 aliphatic heterocycles. The number of anilines is 1. The van der Waals surface area contributed by atoms with E-state index in [-0.39, 0.29) is 0 Å². The van der Waals surface area contributed by atoms with Gasteiger partial charge in [0.05, 0.1) is 0 Å². The standard InChI is InChI=1S/C17H19Cl2N3O/c1-22(2)10-12-4-3-11(17(20)23)8-16(12)21-9-13-7-14(18)5-6-15(13)19/h3-8,21H,9-10H2,1-2H3,(H2,20,23). The predicted octanol–water partition coefficient (Wildman–Crippen LogP) is 3.77. The quantitative estimate of drug-likeness (QED) is 0.832. The van der Waals surface area contributed by atoms with Crippen LogP contribution in [-0.2, 0) is 13.1 Å². The number of halogens is 2. The molecule has 6 heteroatoms. The number of primary amides is 1. The molecule has 0 aliphatic rings. The van der Waals surface area contributed by atoms with E-state index in [1.165, 1.54) is 0 Å². The van der Waals surface area contributed by atoms with Crippen LogP contribution in [0.3, 0.4) is 0 Å². The first kappa shape index (κ1) is 17.6. The summed E-state index contributed by atoms with van der Waals surface area (Å²) in [6.45, 7) is 1.24. The van der Waals surface area contributed by atoms with E-state index < -0.39 is 5.91 Å². The van der Waals surface area contributed by atoms with Gasteiger partial charge in [-0.05, 0) is 55.6 Å². The van der Waals surface area contributed by atoms with Crippen molar-refractivity contribution in [1.82, 2.24) is 4.90 Å². The average molecular weight is 352 g/mol. The van der Waals surface area contributed by atoms with E-state index in [9.17, 15) is 4.79 Å². The second kappa shape index (κ2) is 7.68. The minimum Gasteiger partial charge on any atom is -0.381 e. The summed E-state index contributed by atoms with van der Waals surface area (Å²) in [6.07, 6.45) is 0. The van der Waals surface area contributed by atoms with Crippen molar-refractivity contribution in [3.8, 4) is 0 Å². The lowest BCUT2D eigenvalue weighted by Gasteiger charge is -2.17. The van der Waals surface area contributed by atoms with Gasteiger partial charge in [-0.3, -0.25) is 4.79 Å². The van der Waals surface area contributed by atoms with Crippen LogP contribution in [0.1, 0.15) is 21.5 Å². The fourth-order valence-electron chi connectivity index (χ4n) is 2.24. The minimum absolute atomic E-state index is 0.453. The third-order valence-corrected chi connectivity index (χ3v) is 3.96. The fraction of sp³-hybridized carbons (Fsp3) is 0.235. The summed E-state index contributed by atoms with van der Waals surface area (Å²) in [5.74, 6) is -0.453. The molecule has 0 saturated carbocycles. The summed E-state index contributed by atoms with van der Waals surface area (Å²) in [7, 11) is 3.97. The molecule has 2 aromatic rings. The van der Waals surface area contributed by atoms with E-state index in [1.54, 1.807) is 24.3 Å². The van der Waals surface area contributed by atoms with E-state index in [0.29, 0.717) is 22.2 Å². The second-order valence-electron chi connectivity index (χ2n) is 5.56. The number of carbonyl (C=O) groups excluding carboxylic acids is 1. The Morgan fingerprint density at radius 1 is 1.13 bits per heavy atom. The largest absolute Gasteiger partial charge is 0.381 e.